The van der Waals surface area contributed by atoms with Crippen molar-refractivity contribution in [2.45, 2.75) is 6.42 Å². The van der Waals surface area contributed by atoms with Gasteiger partial charge in [0, 0.05) is 7.11 Å². The van der Waals surface area contributed by atoms with E-state index < -0.39 is 5.97 Å². The van der Waals surface area contributed by atoms with Crippen LogP contribution in [0.1, 0.15) is 16.8 Å². The van der Waals surface area contributed by atoms with Crippen molar-refractivity contribution in [1.82, 2.24) is 0 Å². The van der Waals surface area contributed by atoms with Crippen molar-refractivity contribution < 1.29 is 28.5 Å². The first-order chi connectivity index (χ1) is 13.9. The quantitative estimate of drug-likeness (QED) is 0.148. The number of nitriles is 1. The van der Waals surface area contributed by atoms with E-state index in [1.807, 2.05) is 6.07 Å². The van der Waals surface area contributed by atoms with Crippen LogP contribution in [0.5, 0.6) is 5.75 Å². The summed E-state index contributed by atoms with van der Waals surface area (Å²) in [5.74, 6) is 0.326. The molecule has 0 aliphatic carbocycles. The average Bonchev–Trinajstić information content (AvgIpc) is 2.74. The number of carbonyl (C=O) groups excluding carboxylic acids is 2. The summed E-state index contributed by atoms with van der Waals surface area (Å²) in [4.78, 5) is 22.3. The van der Waals surface area contributed by atoms with E-state index in [-0.39, 0.29) is 11.5 Å². The van der Waals surface area contributed by atoms with Gasteiger partial charge in [-0.1, -0.05) is 19.2 Å². The van der Waals surface area contributed by atoms with E-state index in [0.29, 0.717) is 36.2 Å². The molecule has 0 aliphatic heterocycles. The maximum absolute atomic E-state index is 12.0. The largest absolute Gasteiger partial charge is 0.497 e. The molecule has 0 fully saturated rings. The number of hydrogen-bond acceptors (Lipinski definition) is 7. The third-order valence-electron chi connectivity index (χ3n) is 3.16. The number of allylic oxidation sites excluding steroid dienone is 4. The Balaban J connectivity index is 0.00000113. The third-order valence-corrected chi connectivity index (χ3v) is 3.16. The highest BCUT2D eigenvalue weighted by atomic mass is 16.6. The molecule has 0 aliphatic rings. The lowest BCUT2D eigenvalue weighted by molar-refractivity contribution is -0.104. The van der Waals surface area contributed by atoms with Crippen LogP contribution in [0.25, 0.3) is 0 Å². The van der Waals surface area contributed by atoms with Crippen molar-refractivity contribution in [2.24, 2.45) is 0 Å². The van der Waals surface area contributed by atoms with Crippen LogP contribution in [0.2, 0.25) is 0 Å². The molecule has 0 saturated heterocycles. The van der Waals surface area contributed by atoms with Gasteiger partial charge in [-0.15, -0.1) is 0 Å². The summed E-state index contributed by atoms with van der Waals surface area (Å²) in [6, 6.07) is 8.41. The number of benzene rings is 1. The molecule has 0 aromatic heterocycles. The molecule has 0 amide bonds. The predicted molar refractivity (Wildman–Crippen MR) is 109 cm³/mol. The summed E-state index contributed by atoms with van der Waals surface area (Å²) in [5.41, 5.74) is 0.845. The SMILES string of the molecule is C=C(/C=C/C=O)/C=C(/OC)C(=C)OC(=O)c1ccc(OC)cc1.COCCC#N. The molecule has 0 unspecified atom stereocenters. The molecule has 1 aromatic carbocycles. The molecule has 1 aromatic rings. The Bertz CT molecular complexity index is 785. The predicted octanol–water partition coefficient (Wildman–Crippen LogP) is 3.75. The lowest BCUT2D eigenvalue weighted by atomic mass is 10.2. The van der Waals surface area contributed by atoms with Crippen LogP contribution in [0.4, 0.5) is 0 Å². The molecule has 29 heavy (non-hydrogen) atoms. The van der Waals surface area contributed by atoms with Crippen LogP contribution in [-0.2, 0) is 19.0 Å². The monoisotopic (exact) mass is 399 g/mol. The van der Waals surface area contributed by atoms with Crippen molar-refractivity contribution in [3.05, 3.63) is 78.3 Å². The molecule has 0 radical (unpaired) electrons. The number of aldehydes is 1. The zero-order valence-corrected chi connectivity index (χ0v) is 16.8. The smallest absolute Gasteiger partial charge is 0.343 e. The van der Waals surface area contributed by atoms with Gasteiger partial charge in [-0.3, -0.25) is 4.79 Å². The second-order valence-electron chi connectivity index (χ2n) is 5.22. The van der Waals surface area contributed by atoms with Crippen LogP contribution in [-0.4, -0.2) is 40.2 Å². The number of carbonyl (C=O) groups is 2. The average molecular weight is 399 g/mol. The molecule has 0 spiro atoms. The summed E-state index contributed by atoms with van der Waals surface area (Å²) in [6.07, 6.45) is 5.41. The van der Waals surface area contributed by atoms with Gasteiger partial charge in [-0.2, -0.15) is 5.26 Å². The third kappa shape index (κ3) is 11.0. The minimum absolute atomic E-state index is 0.0361. The van der Waals surface area contributed by atoms with Crippen LogP contribution in [0.15, 0.2) is 72.7 Å². The Kier molecular flexibility index (Phi) is 13.5. The van der Waals surface area contributed by atoms with Gasteiger partial charge in [0.1, 0.15) is 12.0 Å². The van der Waals surface area contributed by atoms with Gasteiger partial charge in [0.2, 0.25) is 0 Å². The van der Waals surface area contributed by atoms with Crippen molar-refractivity contribution in [3.63, 3.8) is 0 Å². The van der Waals surface area contributed by atoms with E-state index in [9.17, 15) is 9.59 Å². The van der Waals surface area contributed by atoms with E-state index in [1.54, 1.807) is 31.4 Å². The summed E-state index contributed by atoms with van der Waals surface area (Å²) in [5, 5.41) is 7.87. The molecule has 7 heteroatoms. The summed E-state index contributed by atoms with van der Waals surface area (Å²) in [6.45, 7) is 7.94. The maximum Gasteiger partial charge on any atom is 0.343 e. The first-order valence-electron chi connectivity index (χ1n) is 8.41. The van der Waals surface area contributed by atoms with Crippen molar-refractivity contribution in [2.75, 3.05) is 27.9 Å². The Hall–Kier alpha value is -3.63. The van der Waals surface area contributed by atoms with Crippen LogP contribution >= 0.6 is 0 Å². The van der Waals surface area contributed by atoms with Crippen LogP contribution < -0.4 is 4.74 Å². The number of ether oxygens (including phenoxy) is 4. The summed E-state index contributed by atoms with van der Waals surface area (Å²) >= 11 is 0. The second-order valence-corrected chi connectivity index (χ2v) is 5.22. The van der Waals surface area contributed by atoms with E-state index in [2.05, 4.69) is 17.9 Å². The number of esters is 1. The normalized spacial score (nSPS) is 10.2. The molecular formula is C22H25NO6. The molecule has 0 atom stereocenters. The molecule has 1 rings (SSSR count). The standard InChI is InChI=1S/C18H18O5.C4H7NO/c1-13(6-5-11-19)12-17(22-4)14(2)23-18(20)15-7-9-16(21-3)10-8-15;1-6-4-2-3-5/h5-12H,1-2H2,3-4H3;2,4H2,1H3/b6-5+,17-12+;. The van der Waals surface area contributed by atoms with Gasteiger partial charge in [-0.25, -0.2) is 4.79 Å². The lowest BCUT2D eigenvalue weighted by Gasteiger charge is -2.10. The fraction of sp³-hybridized carbons (Fsp3) is 0.227. The molecular weight excluding hydrogens is 374 g/mol. The van der Waals surface area contributed by atoms with Crippen molar-refractivity contribution in [1.29, 1.82) is 5.26 Å². The number of hydrogen-bond donors (Lipinski definition) is 0. The molecule has 154 valence electrons. The summed E-state index contributed by atoms with van der Waals surface area (Å²) in [7, 11) is 4.53. The minimum Gasteiger partial charge on any atom is -0.497 e. The Labute approximate surface area is 171 Å². The van der Waals surface area contributed by atoms with Gasteiger partial charge in [-0.05, 0) is 42.0 Å². The van der Waals surface area contributed by atoms with Crippen molar-refractivity contribution >= 4 is 12.3 Å². The van der Waals surface area contributed by atoms with E-state index in [0.717, 1.165) is 0 Å². The number of methoxy groups -OCH3 is 3. The van der Waals surface area contributed by atoms with Gasteiger partial charge in [0.25, 0.3) is 0 Å². The topological polar surface area (TPSA) is 94.8 Å². The van der Waals surface area contributed by atoms with Gasteiger partial charge >= 0.3 is 5.97 Å². The Morgan fingerprint density at radius 2 is 1.83 bits per heavy atom. The number of nitrogens with zero attached hydrogens (tertiary/aromatic N) is 1. The highest BCUT2D eigenvalue weighted by Crippen LogP contribution is 2.17. The highest BCUT2D eigenvalue weighted by molar-refractivity contribution is 5.90. The fourth-order valence-corrected chi connectivity index (χ4v) is 1.73. The Morgan fingerprint density at radius 3 is 2.28 bits per heavy atom. The van der Waals surface area contributed by atoms with E-state index in [4.69, 9.17) is 19.5 Å². The Morgan fingerprint density at radius 1 is 1.17 bits per heavy atom. The molecule has 0 saturated carbocycles. The summed E-state index contributed by atoms with van der Waals surface area (Å²) < 4.78 is 19.9. The van der Waals surface area contributed by atoms with Crippen molar-refractivity contribution in [3.8, 4) is 11.8 Å². The zero-order valence-electron chi connectivity index (χ0n) is 16.8. The van der Waals surface area contributed by atoms with Gasteiger partial charge in [0.15, 0.2) is 11.5 Å². The molecule has 0 heterocycles. The first kappa shape index (κ1) is 25.4. The van der Waals surface area contributed by atoms with Gasteiger partial charge in [0.05, 0.1) is 38.9 Å². The molecule has 0 bridgehead atoms. The number of rotatable bonds is 10. The fourth-order valence-electron chi connectivity index (χ4n) is 1.73. The molecule has 0 N–H and O–H groups in total. The maximum atomic E-state index is 12.0. The second kappa shape index (κ2) is 15.4. The van der Waals surface area contributed by atoms with Crippen LogP contribution in [0.3, 0.4) is 0 Å². The minimum atomic E-state index is -0.574. The zero-order chi connectivity index (χ0) is 22.1. The van der Waals surface area contributed by atoms with E-state index in [1.165, 1.54) is 32.4 Å². The highest BCUT2D eigenvalue weighted by Gasteiger charge is 2.13. The first-order valence-corrected chi connectivity index (χ1v) is 8.41. The lowest BCUT2D eigenvalue weighted by Crippen LogP contribution is -2.07. The molecule has 7 nitrogen and oxygen atoms in total. The van der Waals surface area contributed by atoms with Crippen LogP contribution in [0, 0.1) is 11.3 Å². The van der Waals surface area contributed by atoms with Gasteiger partial charge < -0.3 is 18.9 Å². The van der Waals surface area contributed by atoms with E-state index >= 15 is 0 Å².